The average molecular weight is 421 g/mol. The molecular weight excluding hydrogens is 400 g/mol. The fraction of sp³-hybridized carbons (Fsp3) is 0.0323. The van der Waals surface area contributed by atoms with E-state index in [0.29, 0.717) is 0 Å². The number of fused-ring (bicyclic) bond motifs is 11. The van der Waals surface area contributed by atoms with Gasteiger partial charge in [0.1, 0.15) is 0 Å². The fourth-order valence-corrected chi connectivity index (χ4v) is 6.27. The van der Waals surface area contributed by atoms with Gasteiger partial charge in [0.15, 0.2) is 0 Å². The van der Waals surface area contributed by atoms with E-state index >= 15 is 0 Å². The molecule has 0 bridgehead atoms. The Labute approximate surface area is 189 Å². The van der Waals surface area contributed by atoms with Crippen LogP contribution in [0, 0.1) is 0 Å². The Bertz CT molecular complexity index is 2200. The quantitative estimate of drug-likeness (QED) is 0.283. The molecule has 0 saturated carbocycles. The molecule has 0 radical (unpaired) electrons. The summed E-state index contributed by atoms with van der Waals surface area (Å²) in [6.45, 7) is 6.66. The Balaban J connectivity index is 1.92. The van der Waals surface area contributed by atoms with E-state index in [-0.39, 0.29) is 0 Å². The van der Waals surface area contributed by atoms with Crippen LogP contribution in [0.4, 0.5) is 0 Å². The van der Waals surface area contributed by atoms with Gasteiger partial charge in [-0.3, -0.25) is 0 Å². The second-order valence-electron chi connectivity index (χ2n) is 8.97. The highest BCUT2D eigenvalue weighted by molar-refractivity contribution is 6.41. The third-order valence-electron chi connectivity index (χ3n) is 7.44. The molecule has 2 nitrogen and oxygen atoms in total. The molecule has 0 atom stereocenters. The molecule has 33 heavy (non-hydrogen) atoms. The van der Waals surface area contributed by atoms with Crippen molar-refractivity contribution in [3.05, 3.63) is 95.5 Å². The number of hydrogen-bond acceptors (Lipinski definition) is 0. The van der Waals surface area contributed by atoms with Gasteiger partial charge < -0.3 is 8.80 Å². The molecule has 4 heterocycles. The topological polar surface area (TPSA) is 8.82 Å². The highest BCUT2D eigenvalue weighted by Gasteiger charge is 2.26. The van der Waals surface area contributed by atoms with E-state index in [9.17, 15) is 0 Å². The van der Waals surface area contributed by atoms with Crippen LogP contribution < -0.4 is 10.6 Å². The van der Waals surface area contributed by atoms with E-state index in [1.165, 1.54) is 70.5 Å². The normalized spacial score (nSPS) is 13.8. The van der Waals surface area contributed by atoms with Gasteiger partial charge in [-0.1, -0.05) is 79.4 Å². The van der Waals surface area contributed by atoms with Crippen LogP contribution in [0.5, 0.6) is 0 Å². The van der Waals surface area contributed by atoms with Crippen LogP contribution >= 0.6 is 0 Å². The molecule has 0 N–H and O–H groups in total. The molecule has 0 amide bonds. The maximum absolute atomic E-state index is 4.59. The summed E-state index contributed by atoms with van der Waals surface area (Å²) in [5.41, 5.74) is 6.38. The van der Waals surface area contributed by atoms with Crippen molar-refractivity contribution in [2.75, 3.05) is 0 Å². The molecule has 8 aromatic rings. The Kier molecular flexibility index (Phi) is 3.00. The van der Waals surface area contributed by atoms with E-state index in [2.05, 4.69) is 113 Å². The summed E-state index contributed by atoms with van der Waals surface area (Å²) in [5, 5.41) is 11.5. The van der Waals surface area contributed by atoms with Gasteiger partial charge in [-0.05, 0) is 25.1 Å². The first-order chi connectivity index (χ1) is 16.3. The molecule has 2 heteroatoms. The highest BCUT2D eigenvalue weighted by Crippen LogP contribution is 2.47. The molecule has 0 unspecified atom stereocenters. The summed E-state index contributed by atoms with van der Waals surface area (Å²) in [5.74, 6) is 0. The van der Waals surface area contributed by atoms with Gasteiger partial charge >= 0.3 is 0 Å². The highest BCUT2D eigenvalue weighted by atomic mass is 14.9. The van der Waals surface area contributed by atoms with Crippen molar-refractivity contribution < 1.29 is 0 Å². The average Bonchev–Trinajstić information content (AvgIpc) is 3.55. The molecule has 0 aliphatic carbocycles. The smallest absolute Gasteiger partial charge is 0.0634 e. The number of aromatic nitrogens is 2. The van der Waals surface area contributed by atoms with Crippen LogP contribution in [0.2, 0.25) is 0 Å². The first-order valence-electron chi connectivity index (χ1n) is 11.5. The zero-order valence-corrected chi connectivity index (χ0v) is 18.3. The van der Waals surface area contributed by atoms with Crippen LogP contribution in [0.25, 0.3) is 77.9 Å². The van der Waals surface area contributed by atoms with Gasteiger partial charge in [-0.2, -0.15) is 0 Å². The van der Waals surface area contributed by atoms with Crippen molar-refractivity contribution in [1.82, 2.24) is 8.80 Å². The molecular formula is C31H20N2. The number of benzene rings is 4. The van der Waals surface area contributed by atoms with Crippen molar-refractivity contribution in [3.63, 3.8) is 0 Å². The van der Waals surface area contributed by atoms with Gasteiger partial charge in [-0.15, -0.1) is 0 Å². The van der Waals surface area contributed by atoms with Crippen molar-refractivity contribution in [2.24, 2.45) is 0 Å². The third-order valence-corrected chi connectivity index (χ3v) is 7.44. The van der Waals surface area contributed by atoms with E-state index in [4.69, 9.17) is 0 Å². The summed E-state index contributed by atoms with van der Waals surface area (Å²) in [6, 6.07) is 26.5. The molecule has 0 saturated heterocycles. The van der Waals surface area contributed by atoms with Crippen molar-refractivity contribution in [3.8, 4) is 0 Å². The molecule has 0 aliphatic heterocycles. The standard InChI is InChI=1S/C31H20N2/c1-3-4-11-19-18(2)32-23-15-8-5-12-20(23)28-29-22-14-7-10-17-25(22)33-24-16-9-6-13-21(24)27(31(29)33)26(19)30(28)32/h3-17H,2H2,1H3/b4-3-,19-11+. The first-order valence-corrected chi connectivity index (χ1v) is 11.5. The fourth-order valence-electron chi connectivity index (χ4n) is 6.27. The number of rotatable bonds is 1. The maximum atomic E-state index is 4.59. The molecule has 154 valence electrons. The van der Waals surface area contributed by atoms with Gasteiger partial charge in [-0.25, -0.2) is 0 Å². The van der Waals surface area contributed by atoms with Crippen molar-refractivity contribution in [1.29, 1.82) is 0 Å². The Morgan fingerprint density at radius 3 is 1.61 bits per heavy atom. The van der Waals surface area contributed by atoms with Gasteiger partial charge in [0.05, 0.1) is 27.6 Å². The largest absolute Gasteiger partial charge is 0.309 e. The zero-order chi connectivity index (χ0) is 21.8. The van der Waals surface area contributed by atoms with E-state index < -0.39 is 0 Å². The minimum atomic E-state index is 1.05. The molecule has 0 spiro atoms. The zero-order valence-electron chi connectivity index (χ0n) is 18.3. The minimum Gasteiger partial charge on any atom is -0.309 e. The molecule has 0 fully saturated rings. The van der Waals surface area contributed by atoms with Gasteiger partial charge in [0.25, 0.3) is 0 Å². The lowest BCUT2D eigenvalue weighted by Gasteiger charge is -2.02. The number of allylic oxidation sites excluding steroid dienone is 2. The molecule has 4 aromatic heterocycles. The van der Waals surface area contributed by atoms with E-state index in [0.717, 1.165) is 5.35 Å². The van der Waals surface area contributed by atoms with Crippen molar-refractivity contribution >= 4 is 77.9 Å². The maximum Gasteiger partial charge on any atom is 0.0634 e. The summed E-state index contributed by atoms with van der Waals surface area (Å²) in [4.78, 5) is 0. The summed E-state index contributed by atoms with van der Waals surface area (Å²) >= 11 is 0. The summed E-state index contributed by atoms with van der Waals surface area (Å²) in [7, 11) is 0. The predicted octanol–water partition coefficient (Wildman–Crippen LogP) is 6.60. The third kappa shape index (κ3) is 1.80. The van der Waals surface area contributed by atoms with E-state index in [1.807, 2.05) is 0 Å². The van der Waals surface area contributed by atoms with Crippen LogP contribution in [-0.4, -0.2) is 8.80 Å². The lowest BCUT2D eigenvalue weighted by atomic mass is 9.98. The molecule has 0 aliphatic rings. The second kappa shape index (κ2) is 5.73. The van der Waals surface area contributed by atoms with Crippen LogP contribution in [0.1, 0.15) is 6.92 Å². The lowest BCUT2D eigenvalue weighted by Crippen LogP contribution is -2.23. The predicted molar refractivity (Wildman–Crippen MR) is 142 cm³/mol. The molecule has 4 aromatic carbocycles. The minimum absolute atomic E-state index is 1.05. The van der Waals surface area contributed by atoms with Crippen LogP contribution in [0.3, 0.4) is 0 Å². The number of para-hydroxylation sites is 3. The number of nitrogens with zero attached hydrogens (tertiary/aromatic N) is 2. The van der Waals surface area contributed by atoms with Crippen molar-refractivity contribution in [2.45, 2.75) is 6.92 Å². The van der Waals surface area contributed by atoms with Crippen LogP contribution in [-0.2, 0) is 0 Å². The lowest BCUT2D eigenvalue weighted by molar-refractivity contribution is 1.22. The molecule has 8 rings (SSSR count). The first kappa shape index (κ1) is 17.3. The Hall–Kier alpha value is -4.30. The second-order valence-corrected chi connectivity index (χ2v) is 8.97. The van der Waals surface area contributed by atoms with Crippen LogP contribution in [0.15, 0.2) is 84.9 Å². The SMILES string of the molecule is C=c1/c(=C\C=C/C)c2c3c4ccccc4n4c5ccccc5c(c5c6ccccc6n1c25)c34. The Morgan fingerprint density at radius 2 is 1.06 bits per heavy atom. The number of hydrogen-bond donors (Lipinski definition) is 0. The monoisotopic (exact) mass is 420 g/mol. The van der Waals surface area contributed by atoms with E-state index in [1.54, 1.807) is 0 Å². The summed E-state index contributed by atoms with van der Waals surface area (Å²) in [6.07, 6.45) is 6.45. The van der Waals surface area contributed by atoms with Gasteiger partial charge in [0.2, 0.25) is 0 Å². The summed E-state index contributed by atoms with van der Waals surface area (Å²) < 4.78 is 4.87. The van der Waals surface area contributed by atoms with Gasteiger partial charge in [0, 0.05) is 48.3 Å². The Morgan fingerprint density at radius 1 is 0.606 bits per heavy atom.